The standard InChI is InChI=1S/C21H31N3O3/c1-3-5-7-9-14-23-18-12-11-13-19(17(18)16-22)24(20(25)21(26)27)15-10-8-6-4-2/h11-13,23H,3-10,14-15H2,1-2H3,(H,26,27). The number of benzene rings is 1. The van der Waals surface area contributed by atoms with Crippen LogP contribution in [-0.4, -0.2) is 30.1 Å². The average molecular weight is 373 g/mol. The van der Waals surface area contributed by atoms with Gasteiger partial charge in [0.1, 0.15) is 6.07 Å². The maximum Gasteiger partial charge on any atom is 0.394 e. The van der Waals surface area contributed by atoms with Crippen LogP contribution < -0.4 is 10.2 Å². The van der Waals surface area contributed by atoms with E-state index in [0.717, 1.165) is 45.1 Å². The van der Waals surface area contributed by atoms with E-state index in [1.165, 1.54) is 11.3 Å². The van der Waals surface area contributed by atoms with Crippen LogP contribution in [0.3, 0.4) is 0 Å². The Kier molecular flexibility index (Phi) is 10.6. The van der Waals surface area contributed by atoms with Crippen LogP contribution in [0.2, 0.25) is 0 Å². The Morgan fingerprint density at radius 1 is 1.07 bits per heavy atom. The fourth-order valence-electron chi connectivity index (χ4n) is 2.95. The van der Waals surface area contributed by atoms with Crippen molar-refractivity contribution in [3.63, 3.8) is 0 Å². The number of nitriles is 1. The zero-order chi connectivity index (χ0) is 20.1. The lowest BCUT2D eigenvalue weighted by molar-refractivity contribution is -0.148. The Bertz CT molecular complexity index is 653. The minimum Gasteiger partial charge on any atom is -0.474 e. The van der Waals surface area contributed by atoms with Crippen molar-refractivity contribution in [3.8, 4) is 6.07 Å². The van der Waals surface area contributed by atoms with Crippen LogP contribution in [0, 0.1) is 11.3 Å². The predicted molar refractivity (Wildman–Crippen MR) is 108 cm³/mol. The van der Waals surface area contributed by atoms with Crippen molar-refractivity contribution in [1.82, 2.24) is 0 Å². The fourth-order valence-corrected chi connectivity index (χ4v) is 2.95. The van der Waals surface area contributed by atoms with Gasteiger partial charge in [-0.3, -0.25) is 4.79 Å². The Balaban J connectivity index is 2.99. The van der Waals surface area contributed by atoms with E-state index in [-0.39, 0.29) is 0 Å². The topological polar surface area (TPSA) is 93.4 Å². The highest BCUT2D eigenvalue weighted by Crippen LogP contribution is 2.28. The SMILES string of the molecule is CCCCCCNc1cccc(N(CCCCCC)C(=O)C(=O)O)c1C#N. The number of aliphatic carboxylic acids is 1. The van der Waals surface area contributed by atoms with E-state index < -0.39 is 11.9 Å². The molecule has 1 amide bonds. The van der Waals surface area contributed by atoms with Gasteiger partial charge in [0.05, 0.1) is 16.9 Å². The van der Waals surface area contributed by atoms with E-state index in [1.807, 2.05) is 0 Å². The van der Waals surface area contributed by atoms with E-state index >= 15 is 0 Å². The third kappa shape index (κ3) is 7.30. The second kappa shape index (κ2) is 12.7. The molecular formula is C21H31N3O3. The molecule has 6 heteroatoms. The highest BCUT2D eigenvalue weighted by Gasteiger charge is 2.25. The van der Waals surface area contributed by atoms with Crippen molar-refractivity contribution in [2.45, 2.75) is 65.2 Å². The second-order valence-corrected chi connectivity index (χ2v) is 6.62. The van der Waals surface area contributed by atoms with Gasteiger partial charge in [0.15, 0.2) is 0 Å². The van der Waals surface area contributed by atoms with Gasteiger partial charge in [-0.2, -0.15) is 5.26 Å². The molecule has 0 heterocycles. The van der Waals surface area contributed by atoms with Gasteiger partial charge in [0.2, 0.25) is 0 Å². The van der Waals surface area contributed by atoms with Crippen LogP contribution in [0.15, 0.2) is 18.2 Å². The molecule has 0 atom stereocenters. The molecule has 148 valence electrons. The van der Waals surface area contributed by atoms with E-state index in [1.54, 1.807) is 18.2 Å². The van der Waals surface area contributed by atoms with Crippen molar-refractivity contribution >= 4 is 23.3 Å². The van der Waals surface area contributed by atoms with Gasteiger partial charge in [0.25, 0.3) is 0 Å². The number of carboxylic acid groups (broad SMARTS) is 1. The fraction of sp³-hybridized carbons (Fsp3) is 0.571. The molecule has 0 bridgehead atoms. The summed E-state index contributed by atoms with van der Waals surface area (Å²) in [5, 5.41) is 22.1. The molecule has 2 N–H and O–H groups in total. The zero-order valence-corrected chi connectivity index (χ0v) is 16.5. The van der Waals surface area contributed by atoms with Crippen molar-refractivity contribution in [3.05, 3.63) is 23.8 Å². The molecule has 0 aromatic heterocycles. The van der Waals surface area contributed by atoms with Crippen LogP contribution in [0.5, 0.6) is 0 Å². The summed E-state index contributed by atoms with van der Waals surface area (Å²) in [5.41, 5.74) is 1.32. The summed E-state index contributed by atoms with van der Waals surface area (Å²) >= 11 is 0. The number of hydrogen-bond donors (Lipinski definition) is 2. The number of unbranched alkanes of at least 4 members (excludes halogenated alkanes) is 6. The summed E-state index contributed by atoms with van der Waals surface area (Å²) in [6.45, 7) is 5.27. The number of rotatable bonds is 12. The highest BCUT2D eigenvalue weighted by atomic mass is 16.4. The normalized spacial score (nSPS) is 10.3. The Morgan fingerprint density at radius 3 is 2.33 bits per heavy atom. The quantitative estimate of drug-likeness (QED) is 0.414. The molecule has 0 fully saturated rings. The van der Waals surface area contributed by atoms with E-state index in [9.17, 15) is 20.0 Å². The van der Waals surface area contributed by atoms with Gasteiger partial charge in [-0.1, -0.05) is 58.4 Å². The minimum atomic E-state index is -1.51. The second-order valence-electron chi connectivity index (χ2n) is 6.62. The predicted octanol–water partition coefficient (Wildman–Crippen LogP) is 4.55. The molecule has 0 aliphatic carbocycles. The number of carboxylic acids is 1. The Hall–Kier alpha value is -2.55. The largest absolute Gasteiger partial charge is 0.474 e. The van der Waals surface area contributed by atoms with Crippen LogP contribution in [0.25, 0.3) is 0 Å². The van der Waals surface area contributed by atoms with Gasteiger partial charge in [-0.05, 0) is 25.0 Å². The maximum absolute atomic E-state index is 12.2. The molecule has 27 heavy (non-hydrogen) atoms. The minimum absolute atomic E-state index is 0.291. The van der Waals surface area contributed by atoms with Crippen molar-refractivity contribution in [2.75, 3.05) is 23.3 Å². The lowest BCUT2D eigenvalue weighted by Crippen LogP contribution is -2.38. The third-order valence-electron chi connectivity index (χ3n) is 4.45. The molecule has 0 aliphatic rings. The molecule has 6 nitrogen and oxygen atoms in total. The molecule has 0 radical (unpaired) electrons. The van der Waals surface area contributed by atoms with Crippen molar-refractivity contribution in [1.29, 1.82) is 5.26 Å². The van der Waals surface area contributed by atoms with Crippen LogP contribution >= 0.6 is 0 Å². The zero-order valence-electron chi connectivity index (χ0n) is 16.5. The monoisotopic (exact) mass is 373 g/mol. The van der Waals surface area contributed by atoms with Crippen LogP contribution in [0.4, 0.5) is 11.4 Å². The molecule has 0 aliphatic heterocycles. The molecule has 0 saturated heterocycles. The number of hydrogen-bond acceptors (Lipinski definition) is 4. The van der Waals surface area contributed by atoms with Gasteiger partial charge in [-0.15, -0.1) is 0 Å². The lowest BCUT2D eigenvalue weighted by Gasteiger charge is -2.23. The molecule has 1 aromatic carbocycles. The first-order valence-corrected chi connectivity index (χ1v) is 9.88. The number of anilines is 2. The first-order valence-electron chi connectivity index (χ1n) is 9.88. The van der Waals surface area contributed by atoms with Gasteiger partial charge in [-0.25, -0.2) is 4.79 Å². The van der Waals surface area contributed by atoms with Gasteiger partial charge >= 0.3 is 11.9 Å². The smallest absolute Gasteiger partial charge is 0.394 e. The average Bonchev–Trinajstić information content (AvgIpc) is 2.67. The molecule has 0 saturated carbocycles. The number of nitrogens with zero attached hydrogens (tertiary/aromatic N) is 2. The Labute approximate surface area is 162 Å². The number of carbonyl (C=O) groups is 2. The first-order chi connectivity index (χ1) is 13.1. The van der Waals surface area contributed by atoms with Crippen molar-refractivity contribution < 1.29 is 14.7 Å². The third-order valence-corrected chi connectivity index (χ3v) is 4.45. The maximum atomic E-state index is 12.2. The van der Waals surface area contributed by atoms with E-state index in [0.29, 0.717) is 29.9 Å². The molecule has 1 rings (SSSR count). The summed E-state index contributed by atoms with van der Waals surface area (Å²) in [5.74, 6) is -2.50. The molecular weight excluding hydrogens is 342 g/mol. The van der Waals surface area contributed by atoms with Crippen molar-refractivity contribution in [2.24, 2.45) is 0 Å². The molecule has 1 aromatic rings. The first kappa shape index (κ1) is 22.5. The summed E-state index contributed by atoms with van der Waals surface area (Å²) in [4.78, 5) is 24.7. The summed E-state index contributed by atoms with van der Waals surface area (Å²) in [6.07, 6.45) is 8.13. The van der Waals surface area contributed by atoms with E-state index in [2.05, 4.69) is 25.2 Å². The van der Waals surface area contributed by atoms with Gasteiger partial charge < -0.3 is 15.3 Å². The van der Waals surface area contributed by atoms with Crippen LogP contribution in [-0.2, 0) is 9.59 Å². The molecule has 0 unspecified atom stereocenters. The summed E-state index contributed by atoms with van der Waals surface area (Å²) in [7, 11) is 0. The van der Waals surface area contributed by atoms with Gasteiger partial charge in [0, 0.05) is 13.1 Å². The molecule has 0 spiro atoms. The van der Waals surface area contributed by atoms with Crippen LogP contribution in [0.1, 0.15) is 70.8 Å². The number of nitrogens with one attached hydrogen (secondary N) is 1. The summed E-state index contributed by atoms with van der Waals surface area (Å²) in [6, 6.07) is 7.33. The lowest BCUT2D eigenvalue weighted by atomic mass is 10.1. The number of amides is 1. The Morgan fingerprint density at radius 2 is 1.74 bits per heavy atom. The summed E-state index contributed by atoms with van der Waals surface area (Å²) < 4.78 is 0. The number of carbonyl (C=O) groups excluding carboxylic acids is 1. The highest BCUT2D eigenvalue weighted by molar-refractivity contribution is 6.37. The van der Waals surface area contributed by atoms with E-state index in [4.69, 9.17) is 0 Å².